The monoisotopic (exact) mass is 359 g/mol. The predicted octanol–water partition coefficient (Wildman–Crippen LogP) is 4.57. The molecule has 0 aromatic carbocycles. The molecule has 0 saturated heterocycles. The predicted molar refractivity (Wildman–Crippen MR) is 86.9 cm³/mol. The maximum Gasteiger partial charge on any atom is 0.435 e. The molecule has 2 N–H and O–H groups in total. The van der Waals surface area contributed by atoms with Gasteiger partial charge in [0.15, 0.2) is 5.69 Å². The third kappa shape index (κ3) is 4.37. The molecule has 0 saturated carbocycles. The first-order valence-corrected chi connectivity index (χ1v) is 8.53. The highest BCUT2D eigenvalue weighted by molar-refractivity contribution is 7.10. The van der Waals surface area contributed by atoms with Crippen LogP contribution in [0.4, 0.5) is 13.2 Å². The van der Waals surface area contributed by atoms with E-state index in [0.717, 1.165) is 23.1 Å². The lowest BCUT2D eigenvalue weighted by molar-refractivity contribution is -0.141. The Morgan fingerprint density at radius 3 is 2.71 bits per heavy atom. The molecule has 2 aromatic heterocycles. The molecule has 0 aliphatic rings. The quantitative estimate of drug-likeness (QED) is 0.794. The molecule has 2 aromatic rings. The smallest absolute Gasteiger partial charge is 0.348 e. The molecule has 1 amide bonds. The molecule has 1 atom stereocenters. The highest BCUT2D eigenvalue weighted by Crippen LogP contribution is 2.32. The maximum absolute atomic E-state index is 12.8. The minimum absolute atomic E-state index is 0.197. The molecule has 0 unspecified atom stereocenters. The molecule has 0 aliphatic carbocycles. The number of rotatable bonds is 6. The van der Waals surface area contributed by atoms with Gasteiger partial charge in [-0.2, -0.15) is 18.3 Å². The van der Waals surface area contributed by atoms with Crippen molar-refractivity contribution in [3.05, 3.63) is 39.3 Å². The molecule has 0 spiro atoms. The van der Waals surface area contributed by atoms with E-state index in [1.807, 2.05) is 11.4 Å². The van der Waals surface area contributed by atoms with Crippen molar-refractivity contribution in [2.75, 3.05) is 0 Å². The summed E-state index contributed by atoms with van der Waals surface area (Å²) in [6.07, 6.45) is -2.68. The first-order valence-electron chi connectivity index (χ1n) is 7.65. The molecule has 132 valence electrons. The van der Waals surface area contributed by atoms with Gasteiger partial charge < -0.3 is 5.32 Å². The molecule has 0 radical (unpaired) electrons. The number of carbonyl (C=O) groups excluding carboxylic acids is 1. The number of carbonyl (C=O) groups is 1. The minimum Gasteiger partial charge on any atom is -0.348 e. The summed E-state index contributed by atoms with van der Waals surface area (Å²) in [5.41, 5.74) is -0.744. The summed E-state index contributed by atoms with van der Waals surface area (Å²) in [6.45, 7) is 6.60. The van der Waals surface area contributed by atoms with Crippen LogP contribution < -0.4 is 5.32 Å². The van der Waals surface area contributed by atoms with Gasteiger partial charge in [0.1, 0.15) is 0 Å². The average molecular weight is 359 g/mol. The van der Waals surface area contributed by atoms with E-state index in [2.05, 4.69) is 36.3 Å². The van der Waals surface area contributed by atoms with Crippen molar-refractivity contribution < 1.29 is 18.0 Å². The van der Waals surface area contributed by atoms with Crippen LogP contribution in [0.1, 0.15) is 59.6 Å². The summed E-state index contributed by atoms with van der Waals surface area (Å²) in [7, 11) is 0. The van der Waals surface area contributed by atoms with Crippen molar-refractivity contribution in [3.63, 3.8) is 0 Å². The largest absolute Gasteiger partial charge is 0.435 e. The number of nitrogens with one attached hydrogen (secondary N) is 2. The Labute approximate surface area is 142 Å². The van der Waals surface area contributed by atoms with E-state index in [1.54, 1.807) is 11.3 Å². The second-order valence-corrected chi connectivity index (χ2v) is 7.12. The number of nitrogens with zero attached hydrogens (tertiary/aromatic N) is 1. The molecule has 2 heterocycles. The van der Waals surface area contributed by atoms with Crippen LogP contribution in [0.2, 0.25) is 0 Å². The fraction of sp³-hybridized carbons (Fsp3) is 0.500. The summed E-state index contributed by atoms with van der Waals surface area (Å²) in [4.78, 5) is 13.2. The summed E-state index contributed by atoms with van der Waals surface area (Å²) in [5, 5.41) is 9.72. The third-order valence-corrected chi connectivity index (χ3v) is 4.84. The van der Waals surface area contributed by atoms with Gasteiger partial charge >= 0.3 is 6.18 Å². The van der Waals surface area contributed by atoms with E-state index < -0.39 is 23.3 Å². The Bertz CT molecular complexity index is 691. The molecule has 24 heavy (non-hydrogen) atoms. The Morgan fingerprint density at radius 1 is 1.38 bits per heavy atom. The lowest BCUT2D eigenvalue weighted by Gasteiger charge is -2.15. The fourth-order valence-electron chi connectivity index (χ4n) is 2.69. The number of hydrogen-bond donors (Lipinski definition) is 2. The van der Waals surface area contributed by atoms with Crippen LogP contribution in [0, 0.1) is 5.92 Å². The lowest BCUT2D eigenvalue weighted by Crippen LogP contribution is -2.25. The van der Waals surface area contributed by atoms with Crippen molar-refractivity contribution in [1.29, 1.82) is 0 Å². The normalized spacial score (nSPS) is 13.3. The number of thiophene rings is 1. The first-order chi connectivity index (χ1) is 11.2. The number of halogens is 3. The zero-order chi connectivity index (χ0) is 17.9. The van der Waals surface area contributed by atoms with Crippen LogP contribution >= 0.6 is 11.3 Å². The van der Waals surface area contributed by atoms with E-state index in [9.17, 15) is 18.0 Å². The highest BCUT2D eigenvalue weighted by Gasteiger charge is 2.38. The Kier molecular flexibility index (Phi) is 5.69. The van der Waals surface area contributed by atoms with Crippen LogP contribution in [0.3, 0.4) is 0 Å². The number of aromatic nitrogens is 2. The van der Waals surface area contributed by atoms with Crippen molar-refractivity contribution >= 4 is 17.2 Å². The van der Waals surface area contributed by atoms with Crippen LogP contribution in [0.5, 0.6) is 0 Å². The average Bonchev–Trinajstić information content (AvgIpc) is 3.12. The van der Waals surface area contributed by atoms with Gasteiger partial charge in [0.2, 0.25) is 0 Å². The van der Waals surface area contributed by atoms with Gasteiger partial charge in [-0.05, 0) is 35.3 Å². The molecule has 4 nitrogen and oxygen atoms in total. The van der Waals surface area contributed by atoms with Crippen molar-refractivity contribution in [1.82, 2.24) is 15.5 Å². The summed E-state index contributed by atoms with van der Waals surface area (Å²) in [6, 6.07) is 1.90. The molecule has 0 aliphatic heterocycles. The number of H-pyrrole nitrogens is 1. The van der Waals surface area contributed by atoms with Gasteiger partial charge in [0, 0.05) is 17.6 Å². The zero-order valence-corrected chi connectivity index (χ0v) is 14.5. The number of aromatic amines is 1. The van der Waals surface area contributed by atoms with E-state index in [0.29, 0.717) is 11.8 Å². The maximum atomic E-state index is 12.8. The third-order valence-electron chi connectivity index (χ3n) is 3.65. The zero-order valence-electron chi connectivity index (χ0n) is 13.7. The topological polar surface area (TPSA) is 57.8 Å². The van der Waals surface area contributed by atoms with Crippen LogP contribution in [-0.2, 0) is 12.7 Å². The molecular formula is C16H20F3N3OS. The van der Waals surface area contributed by atoms with Crippen molar-refractivity contribution in [2.24, 2.45) is 5.92 Å². The van der Waals surface area contributed by atoms with Gasteiger partial charge in [-0.1, -0.05) is 20.8 Å². The van der Waals surface area contributed by atoms with Gasteiger partial charge in [0.25, 0.3) is 5.91 Å². The number of hydrogen-bond acceptors (Lipinski definition) is 3. The highest BCUT2D eigenvalue weighted by atomic mass is 32.1. The number of amides is 1. The van der Waals surface area contributed by atoms with E-state index in [-0.39, 0.29) is 6.54 Å². The van der Waals surface area contributed by atoms with Crippen LogP contribution in [-0.4, -0.2) is 16.1 Å². The van der Waals surface area contributed by atoms with Crippen molar-refractivity contribution in [3.8, 4) is 0 Å². The Morgan fingerprint density at radius 2 is 2.08 bits per heavy atom. The van der Waals surface area contributed by atoms with E-state index in [1.165, 1.54) is 0 Å². The van der Waals surface area contributed by atoms with Gasteiger partial charge in [-0.3, -0.25) is 9.89 Å². The molecular weight excluding hydrogens is 339 g/mol. The van der Waals surface area contributed by atoms with Crippen molar-refractivity contribution in [2.45, 2.75) is 45.8 Å². The molecule has 2 rings (SSSR count). The van der Waals surface area contributed by atoms with E-state index >= 15 is 0 Å². The summed E-state index contributed by atoms with van der Waals surface area (Å²) >= 11 is 1.61. The number of alkyl halides is 3. The second kappa shape index (κ2) is 7.38. The lowest BCUT2D eigenvalue weighted by atomic mass is 9.95. The van der Waals surface area contributed by atoms with Gasteiger partial charge in [-0.15, -0.1) is 11.3 Å². The fourth-order valence-corrected chi connectivity index (χ4v) is 3.69. The SMILES string of the molecule is CC(C)C[C@H](C)c1sccc1CNC(=O)c1c[nH]nc1C(F)(F)F. The van der Waals surface area contributed by atoms with E-state index in [4.69, 9.17) is 0 Å². The summed E-state index contributed by atoms with van der Waals surface area (Å²) < 4.78 is 38.4. The summed E-state index contributed by atoms with van der Waals surface area (Å²) in [5.74, 6) is 0.103. The van der Waals surface area contributed by atoms with Crippen LogP contribution in [0.25, 0.3) is 0 Å². The van der Waals surface area contributed by atoms with Gasteiger partial charge in [0.05, 0.1) is 5.56 Å². The van der Waals surface area contributed by atoms with Gasteiger partial charge in [-0.25, -0.2) is 0 Å². The standard InChI is InChI=1S/C16H20F3N3OS/c1-9(2)6-10(3)13-11(4-5-24-13)7-20-15(23)12-8-21-22-14(12)16(17,18)19/h4-5,8-10H,6-7H2,1-3H3,(H,20,23)(H,21,22)/t10-/m0/s1. The molecule has 0 fully saturated rings. The Hall–Kier alpha value is -1.83. The minimum atomic E-state index is -4.66. The first kappa shape index (κ1) is 18.5. The Balaban J connectivity index is 2.06. The molecule has 8 heteroatoms. The van der Waals surface area contributed by atoms with Crippen LogP contribution in [0.15, 0.2) is 17.6 Å². The second-order valence-electron chi connectivity index (χ2n) is 6.17. The molecule has 0 bridgehead atoms.